The van der Waals surface area contributed by atoms with Gasteiger partial charge in [-0.1, -0.05) is 128 Å². The lowest BCUT2D eigenvalue weighted by molar-refractivity contribution is 0.0602. The van der Waals surface area contributed by atoms with E-state index >= 15 is 0 Å². The van der Waals surface area contributed by atoms with Gasteiger partial charge in [0.15, 0.2) is 11.6 Å². The maximum Gasteiger partial charge on any atom is 0.159 e. The van der Waals surface area contributed by atoms with Gasteiger partial charge in [0.1, 0.15) is 23.9 Å². The molecular formula is C49H61BrN2O5. The molecule has 57 heavy (non-hydrogen) atoms. The summed E-state index contributed by atoms with van der Waals surface area (Å²) in [6.45, 7) is 10.6. The molecule has 1 aliphatic heterocycles. The third-order valence-corrected chi connectivity index (χ3v) is 10.8. The molecular weight excluding hydrogens is 776 g/mol. The fraction of sp³-hybridized carbons (Fsp3) is 0.347. The summed E-state index contributed by atoms with van der Waals surface area (Å²) in [5.41, 5.74) is 5.04. The predicted molar refractivity (Wildman–Crippen MR) is 238 cm³/mol. The molecule has 1 heterocycles. The number of ether oxygens (including phenoxy) is 1. The Kier molecular flexibility index (Phi) is 20.8. The van der Waals surface area contributed by atoms with Crippen molar-refractivity contribution in [2.45, 2.75) is 84.3 Å². The number of hydrogen-bond acceptors (Lipinski definition) is 7. The number of halogens is 1. The van der Waals surface area contributed by atoms with Gasteiger partial charge in [0.2, 0.25) is 0 Å². The number of Topliss-reactive ketones (excluding diaryl/α,β-unsaturated/α-hetero) is 2. The summed E-state index contributed by atoms with van der Waals surface area (Å²) >= 11 is 3.36. The number of benzene rings is 5. The van der Waals surface area contributed by atoms with Crippen molar-refractivity contribution in [3.63, 3.8) is 0 Å². The van der Waals surface area contributed by atoms with Crippen molar-refractivity contribution in [3.05, 3.63) is 161 Å². The van der Waals surface area contributed by atoms with E-state index in [0.717, 1.165) is 22.7 Å². The summed E-state index contributed by atoms with van der Waals surface area (Å²) in [4.78, 5) is 27.2. The van der Waals surface area contributed by atoms with Crippen molar-refractivity contribution in [1.29, 1.82) is 0 Å². The number of nitrogens with zero attached hydrogens (tertiary/aromatic N) is 2. The van der Waals surface area contributed by atoms with Crippen LogP contribution in [0.1, 0.15) is 104 Å². The first-order chi connectivity index (χ1) is 27.1. The smallest absolute Gasteiger partial charge is 0.159 e. The third kappa shape index (κ3) is 16.7. The van der Waals surface area contributed by atoms with Crippen LogP contribution in [-0.4, -0.2) is 63.8 Å². The highest BCUT2D eigenvalue weighted by atomic mass is 79.9. The number of phenols is 2. The zero-order valence-electron chi connectivity index (χ0n) is 33.0. The Morgan fingerprint density at radius 1 is 0.667 bits per heavy atom. The SMILES string of the molecule is BrCc1ccccc1.C.CC(=O)c1ccc(O)cc1.CC(=O)c1cccc(OCc2ccccc2)c1.CC(c1ccc(O)cc1)N1CCN(C2CCCCC2)CC1. The van der Waals surface area contributed by atoms with Crippen LogP contribution in [-0.2, 0) is 11.9 Å². The Labute approximate surface area is 349 Å². The Bertz CT molecular complexity index is 1860. The van der Waals surface area contributed by atoms with E-state index in [4.69, 9.17) is 9.84 Å². The summed E-state index contributed by atoms with van der Waals surface area (Å²) < 4.78 is 5.63. The van der Waals surface area contributed by atoms with E-state index in [1.807, 2.05) is 72.8 Å². The minimum absolute atomic E-state index is 0. The van der Waals surface area contributed by atoms with Gasteiger partial charge < -0.3 is 14.9 Å². The molecule has 304 valence electrons. The molecule has 7 rings (SSSR count). The minimum Gasteiger partial charge on any atom is -0.508 e. The lowest BCUT2D eigenvalue weighted by Crippen LogP contribution is -2.51. The average molecular weight is 838 g/mol. The summed E-state index contributed by atoms with van der Waals surface area (Å²) in [5.74, 6) is 1.33. The molecule has 2 fully saturated rings. The summed E-state index contributed by atoms with van der Waals surface area (Å²) in [7, 11) is 0. The Morgan fingerprint density at radius 3 is 1.70 bits per heavy atom. The van der Waals surface area contributed by atoms with Crippen molar-refractivity contribution in [1.82, 2.24) is 9.80 Å². The van der Waals surface area contributed by atoms with Crippen LogP contribution >= 0.6 is 15.9 Å². The lowest BCUT2D eigenvalue weighted by Gasteiger charge is -2.42. The molecule has 0 amide bonds. The highest BCUT2D eigenvalue weighted by molar-refractivity contribution is 9.08. The molecule has 5 aromatic rings. The molecule has 1 unspecified atom stereocenters. The Balaban J connectivity index is 0.000000216. The number of carbonyl (C=O) groups is 2. The largest absolute Gasteiger partial charge is 0.508 e. The second-order valence-electron chi connectivity index (χ2n) is 14.2. The molecule has 8 heteroatoms. The normalized spacial score (nSPS) is 14.7. The van der Waals surface area contributed by atoms with Gasteiger partial charge in [-0.15, -0.1) is 0 Å². The van der Waals surface area contributed by atoms with Crippen LogP contribution in [0.4, 0.5) is 0 Å². The molecule has 0 bridgehead atoms. The second-order valence-corrected chi connectivity index (χ2v) is 14.8. The van der Waals surface area contributed by atoms with Gasteiger partial charge >= 0.3 is 0 Å². The van der Waals surface area contributed by atoms with Gasteiger partial charge in [0.05, 0.1) is 0 Å². The number of piperazine rings is 1. The van der Waals surface area contributed by atoms with Crippen LogP contribution in [0.2, 0.25) is 0 Å². The van der Waals surface area contributed by atoms with Crippen LogP contribution in [0, 0.1) is 0 Å². The molecule has 0 radical (unpaired) electrons. The van der Waals surface area contributed by atoms with E-state index in [0.29, 0.717) is 29.5 Å². The number of ketones is 2. The lowest BCUT2D eigenvalue weighted by atomic mass is 9.93. The third-order valence-electron chi connectivity index (χ3n) is 10.1. The first kappa shape index (κ1) is 46.6. The maximum atomic E-state index is 11.2. The van der Waals surface area contributed by atoms with Gasteiger partial charge in [-0.25, -0.2) is 0 Å². The summed E-state index contributed by atoms with van der Waals surface area (Å²) in [6.07, 6.45) is 7.11. The molecule has 2 aliphatic rings. The molecule has 1 atom stereocenters. The van der Waals surface area contributed by atoms with Crippen molar-refractivity contribution >= 4 is 27.5 Å². The molecule has 0 aromatic heterocycles. The van der Waals surface area contributed by atoms with Crippen LogP contribution in [0.15, 0.2) is 133 Å². The quantitative estimate of drug-likeness (QED) is 0.113. The highest BCUT2D eigenvalue weighted by Crippen LogP contribution is 2.27. The first-order valence-electron chi connectivity index (χ1n) is 19.6. The van der Waals surface area contributed by atoms with Crippen molar-refractivity contribution in [2.75, 3.05) is 26.2 Å². The van der Waals surface area contributed by atoms with Gasteiger partial charge in [-0.2, -0.15) is 0 Å². The predicted octanol–water partition coefficient (Wildman–Crippen LogP) is 11.7. The Hall–Kier alpha value is -4.76. The van der Waals surface area contributed by atoms with E-state index in [9.17, 15) is 14.7 Å². The zero-order chi connectivity index (χ0) is 40.1. The molecule has 5 aromatic carbocycles. The summed E-state index contributed by atoms with van der Waals surface area (Å²) in [6, 6.07) is 42.6. The fourth-order valence-corrected chi connectivity index (χ4v) is 7.08. The number of hydrogen-bond donors (Lipinski definition) is 2. The Morgan fingerprint density at radius 2 is 1.19 bits per heavy atom. The first-order valence-corrected chi connectivity index (χ1v) is 20.7. The number of carbonyl (C=O) groups excluding carboxylic acids is 2. The number of phenolic OH excluding ortho intramolecular Hbond substituents is 2. The average Bonchev–Trinajstić information content (AvgIpc) is 3.25. The van der Waals surface area contributed by atoms with Crippen LogP contribution < -0.4 is 4.74 Å². The maximum absolute atomic E-state index is 11.2. The molecule has 2 N–H and O–H groups in total. The van der Waals surface area contributed by atoms with Gasteiger partial charge in [0.25, 0.3) is 0 Å². The topological polar surface area (TPSA) is 90.3 Å². The fourth-order valence-electron chi connectivity index (χ4n) is 6.71. The molecule has 0 spiro atoms. The van der Waals surface area contributed by atoms with Gasteiger partial charge in [-0.05, 0) is 98.8 Å². The van der Waals surface area contributed by atoms with Crippen molar-refractivity contribution in [3.8, 4) is 17.2 Å². The van der Waals surface area contributed by atoms with Gasteiger partial charge in [0, 0.05) is 54.7 Å². The number of rotatable bonds is 9. The van der Waals surface area contributed by atoms with Crippen molar-refractivity contribution in [2.24, 2.45) is 0 Å². The van der Waals surface area contributed by atoms with Crippen LogP contribution in [0.25, 0.3) is 0 Å². The van der Waals surface area contributed by atoms with E-state index < -0.39 is 0 Å². The monoisotopic (exact) mass is 836 g/mol. The summed E-state index contributed by atoms with van der Waals surface area (Å²) in [5, 5.41) is 19.2. The second kappa shape index (κ2) is 25.5. The van der Waals surface area contributed by atoms with E-state index in [1.165, 1.54) is 88.5 Å². The molecule has 1 saturated heterocycles. The van der Waals surface area contributed by atoms with Crippen LogP contribution in [0.5, 0.6) is 17.2 Å². The molecule has 7 nitrogen and oxygen atoms in total. The van der Waals surface area contributed by atoms with Crippen molar-refractivity contribution < 1.29 is 24.5 Å². The minimum atomic E-state index is 0. The standard InChI is InChI=1S/C18H28N2O.C15H14O2.C8H8O2.C7H7Br.CH4/c1-15(16-7-9-18(21)10-8-16)19-11-13-20(14-12-19)17-5-3-2-4-6-17;1-12(16)14-8-5-9-15(10-14)17-11-13-6-3-2-4-7-13;1-6(9)7-2-4-8(10)5-3-7;8-6-7-4-2-1-3-5-7;/h7-10,15,17,21H,2-6,11-14H2,1H3;2-10H,11H2,1H3;2-5,10H,1H3;1-5H,6H2;1H4. The van der Waals surface area contributed by atoms with E-state index in [1.54, 1.807) is 43.3 Å². The van der Waals surface area contributed by atoms with E-state index in [2.05, 4.69) is 44.8 Å². The molecule has 1 saturated carbocycles. The van der Waals surface area contributed by atoms with Gasteiger partial charge in [-0.3, -0.25) is 19.4 Å². The zero-order valence-corrected chi connectivity index (χ0v) is 34.6. The van der Waals surface area contributed by atoms with Crippen LogP contribution in [0.3, 0.4) is 0 Å². The number of alkyl halides is 1. The van der Waals surface area contributed by atoms with E-state index in [-0.39, 0.29) is 24.7 Å². The molecule has 1 aliphatic carbocycles. The number of aromatic hydroxyl groups is 2. The highest BCUT2D eigenvalue weighted by Gasteiger charge is 2.27.